The van der Waals surface area contributed by atoms with Crippen LogP contribution < -0.4 is 15.2 Å². The van der Waals surface area contributed by atoms with Crippen molar-refractivity contribution in [2.45, 2.75) is 13.0 Å². The van der Waals surface area contributed by atoms with E-state index < -0.39 is 0 Å². The van der Waals surface area contributed by atoms with Crippen molar-refractivity contribution in [3.63, 3.8) is 0 Å². The normalized spacial score (nSPS) is 11.9. The fraction of sp³-hybridized carbons (Fsp3) is 0.250. The van der Waals surface area contributed by atoms with Gasteiger partial charge in [0.1, 0.15) is 30.5 Å². The second-order valence-corrected chi connectivity index (χ2v) is 4.48. The third-order valence-electron chi connectivity index (χ3n) is 2.83. The lowest BCUT2D eigenvalue weighted by Crippen LogP contribution is -2.10. The first-order valence-corrected chi connectivity index (χ1v) is 6.52. The van der Waals surface area contributed by atoms with E-state index in [4.69, 9.17) is 15.2 Å². The lowest BCUT2D eigenvalue weighted by Gasteiger charge is -2.11. The molecule has 2 aromatic carbocycles. The first-order valence-electron chi connectivity index (χ1n) is 6.52. The summed E-state index contributed by atoms with van der Waals surface area (Å²) in [5, 5.41) is 0. The third-order valence-corrected chi connectivity index (χ3v) is 2.83. The molecule has 0 aliphatic carbocycles. The van der Waals surface area contributed by atoms with Crippen LogP contribution in [0.2, 0.25) is 0 Å². The Kier molecular flexibility index (Phi) is 4.96. The third kappa shape index (κ3) is 3.96. The molecule has 0 fully saturated rings. The van der Waals surface area contributed by atoms with E-state index in [0.717, 1.165) is 5.75 Å². The van der Waals surface area contributed by atoms with Crippen LogP contribution in [-0.2, 0) is 0 Å². The molecule has 0 spiro atoms. The molecular formula is C16H18FNO2. The van der Waals surface area contributed by atoms with E-state index in [1.54, 1.807) is 19.1 Å². The van der Waals surface area contributed by atoms with Gasteiger partial charge in [-0.1, -0.05) is 24.3 Å². The fourth-order valence-electron chi connectivity index (χ4n) is 1.80. The largest absolute Gasteiger partial charge is 0.490 e. The predicted molar refractivity (Wildman–Crippen MR) is 76.4 cm³/mol. The number of hydrogen-bond donors (Lipinski definition) is 1. The smallest absolute Gasteiger partial charge is 0.131 e. The number of para-hydroxylation sites is 1. The van der Waals surface area contributed by atoms with E-state index in [1.165, 1.54) is 6.07 Å². The Bertz CT molecular complexity index is 543. The van der Waals surface area contributed by atoms with Gasteiger partial charge in [0.25, 0.3) is 0 Å². The minimum absolute atomic E-state index is 0.328. The van der Waals surface area contributed by atoms with Gasteiger partial charge >= 0.3 is 0 Å². The van der Waals surface area contributed by atoms with Crippen LogP contribution in [0.15, 0.2) is 48.5 Å². The van der Waals surface area contributed by atoms with Crippen LogP contribution in [0.3, 0.4) is 0 Å². The van der Waals surface area contributed by atoms with Gasteiger partial charge in [-0.3, -0.25) is 0 Å². The number of hydrogen-bond acceptors (Lipinski definition) is 3. The molecule has 0 aliphatic rings. The maximum absolute atomic E-state index is 13.7. The first kappa shape index (κ1) is 14.3. The zero-order valence-electron chi connectivity index (χ0n) is 11.4. The van der Waals surface area contributed by atoms with E-state index in [1.807, 2.05) is 30.3 Å². The monoisotopic (exact) mass is 275 g/mol. The molecule has 1 atom stereocenters. The molecule has 106 valence electrons. The van der Waals surface area contributed by atoms with Crippen LogP contribution in [0.4, 0.5) is 4.39 Å². The Hall–Kier alpha value is -2.07. The van der Waals surface area contributed by atoms with E-state index in [-0.39, 0.29) is 11.9 Å². The van der Waals surface area contributed by atoms with Gasteiger partial charge in [-0.25, -0.2) is 4.39 Å². The Labute approximate surface area is 118 Å². The minimum atomic E-state index is -0.346. The number of nitrogens with two attached hydrogens (primary N) is 1. The van der Waals surface area contributed by atoms with Crippen molar-refractivity contribution in [1.29, 1.82) is 0 Å². The summed E-state index contributed by atoms with van der Waals surface area (Å²) >= 11 is 0. The highest BCUT2D eigenvalue weighted by atomic mass is 19.1. The zero-order chi connectivity index (χ0) is 14.4. The summed E-state index contributed by atoms with van der Waals surface area (Å²) in [4.78, 5) is 0. The van der Waals surface area contributed by atoms with Gasteiger partial charge in [-0.05, 0) is 25.1 Å². The topological polar surface area (TPSA) is 44.5 Å². The Morgan fingerprint density at radius 3 is 2.25 bits per heavy atom. The molecule has 0 saturated carbocycles. The summed E-state index contributed by atoms with van der Waals surface area (Å²) in [5.74, 6) is 0.916. The average molecular weight is 275 g/mol. The van der Waals surface area contributed by atoms with Crippen molar-refractivity contribution in [2.24, 2.45) is 5.73 Å². The van der Waals surface area contributed by atoms with E-state index in [2.05, 4.69) is 0 Å². The van der Waals surface area contributed by atoms with Gasteiger partial charge in [0, 0.05) is 17.7 Å². The summed E-state index contributed by atoms with van der Waals surface area (Å²) in [6, 6.07) is 13.8. The molecule has 2 N–H and O–H groups in total. The summed E-state index contributed by atoms with van der Waals surface area (Å²) in [5.41, 5.74) is 6.13. The fourth-order valence-corrected chi connectivity index (χ4v) is 1.80. The molecule has 0 saturated heterocycles. The molecule has 0 bridgehead atoms. The highest BCUT2D eigenvalue weighted by Crippen LogP contribution is 2.20. The second-order valence-electron chi connectivity index (χ2n) is 4.48. The standard InChI is InChI=1S/C16H18FNO2/c1-12(18)15-8-7-14(11-16(15)17)20-10-9-19-13-5-3-2-4-6-13/h2-8,11-12H,9-10,18H2,1H3/t12-/m0/s1. The van der Waals surface area contributed by atoms with Gasteiger partial charge in [0.15, 0.2) is 0 Å². The molecule has 0 aromatic heterocycles. The van der Waals surface area contributed by atoms with Crippen LogP contribution in [0, 0.1) is 5.82 Å². The van der Waals surface area contributed by atoms with Crippen molar-refractivity contribution in [3.05, 3.63) is 59.9 Å². The lowest BCUT2D eigenvalue weighted by molar-refractivity contribution is 0.216. The molecule has 0 unspecified atom stereocenters. The van der Waals surface area contributed by atoms with Gasteiger partial charge in [-0.2, -0.15) is 0 Å². The summed E-state index contributed by atoms with van der Waals surface area (Å²) in [6.07, 6.45) is 0. The van der Waals surface area contributed by atoms with E-state index >= 15 is 0 Å². The van der Waals surface area contributed by atoms with Gasteiger partial charge in [-0.15, -0.1) is 0 Å². The van der Waals surface area contributed by atoms with Crippen LogP contribution in [0.25, 0.3) is 0 Å². The highest BCUT2D eigenvalue weighted by Gasteiger charge is 2.07. The van der Waals surface area contributed by atoms with Crippen LogP contribution in [0.5, 0.6) is 11.5 Å². The number of ether oxygens (including phenoxy) is 2. The van der Waals surface area contributed by atoms with Gasteiger partial charge in [0.05, 0.1) is 0 Å². The molecular weight excluding hydrogens is 257 g/mol. The molecule has 0 aliphatic heterocycles. The molecule has 2 rings (SSSR count). The first-order chi connectivity index (χ1) is 9.66. The summed E-state index contributed by atoms with van der Waals surface area (Å²) in [6.45, 7) is 2.50. The van der Waals surface area contributed by atoms with Crippen molar-refractivity contribution in [1.82, 2.24) is 0 Å². The van der Waals surface area contributed by atoms with Crippen molar-refractivity contribution < 1.29 is 13.9 Å². The quantitative estimate of drug-likeness (QED) is 0.823. The molecule has 20 heavy (non-hydrogen) atoms. The molecule has 2 aromatic rings. The maximum atomic E-state index is 13.7. The van der Waals surface area contributed by atoms with Crippen LogP contribution in [-0.4, -0.2) is 13.2 Å². The number of benzene rings is 2. The van der Waals surface area contributed by atoms with Crippen LogP contribution in [0.1, 0.15) is 18.5 Å². The Balaban J connectivity index is 1.81. The number of rotatable bonds is 6. The molecule has 0 heterocycles. The lowest BCUT2D eigenvalue weighted by atomic mass is 10.1. The maximum Gasteiger partial charge on any atom is 0.131 e. The van der Waals surface area contributed by atoms with Crippen LogP contribution >= 0.6 is 0 Å². The Morgan fingerprint density at radius 1 is 1.00 bits per heavy atom. The molecule has 0 amide bonds. The SMILES string of the molecule is C[C@H](N)c1ccc(OCCOc2ccccc2)cc1F. The van der Waals surface area contributed by atoms with E-state index in [0.29, 0.717) is 24.5 Å². The molecule has 0 radical (unpaired) electrons. The van der Waals surface area contributed by atoms with Crippen molar-refractivity contribution in [3.8, 4) is 11.5 Å². The highest BCUT2D eigenvalue weighted by molar-refractivity contribution is 5.30. The number of halogens is 1. The zero-order valence-corrected chi connectivity index (χ0v) is 11.4. The summed E-state index contributed by atoms with van der Waals surface area (Å²) in [7, 11) is 0. The van der Waals surface area contributed by atoms with E-state index in [9.17, 15) is 4.39 Å². The molecule has 4 heteroatoms. The predicted octanol–water partition coefficient (Wildman–Crippen LogP) is 3.30. The minimum Gasteiger partial charge on any atom is -0.490 e. The van der Waals surface area contributed by atoms with Gasteiger partial charge in [0.2, 0.25) is 0 Å². The molecule has 3 nitrogen and oxygen atoms in total. The second kappa shape index (κ2) is 6.91. The van der Waals surface area contributed by atoms with Crippen molar-refractivity contribution in [2.75, 3.05) is 13.2 Å². The van der Waals surface area contributed by atoms with Gasteiger partial charge < -0.3 is 15.2 Å². The van der Waals surface area contributed by atoms with Crippen molar-refractivity contribution >= 4 is 0 Å². The average Bonchev–Trinajstić information content (AvgIpc) is 2.44. The summed E-state index contributed by atoms with van der Waals surface area (Å²) < 4.78 is 24.6. The Morgan fingerprint density at radius 2 is 1.65 bits per heavy atom.